The minimum Gasteiger partial charge on any atom is -0.336 e. The van der Waals surface area contributed by atoms with Crippen molar-refractivity contribution in [2.75, 3.05) is 26.2 Å². The van der Waals surface area contributed by atoms with E-state index in [9.17, 15) is 4.79 Å². The Kier molecular flexibility index (Phi) is 5.61. The number of nitrogens with zero attached hydrogens (tertiary/aromatic N) is 8. The molecule has 2 aliphatic rings. The summed E-state index contributed by atoms with van der Waals surface area (Å²) >= 11 is 0. The van der Waals surface area contributed by atoms with E-state index in [4.69, 9.17) is 0 Å². The summed E-state index contributed by atoms with van der Waals surface area (Å²) in [5, 5.41) is 11.3. The van der Waals surface area contributed by atoms with Gasteiger partial charge in [-0.3, -0.25) is 14.8 Å². The number of carbonyl (C=O) groups excluding carboxylic acids is 1. The summed E-state index contributed by atoms with van der Waals surface area (Å²) in [6.07, 6.45) is 10.2. The van der Waals surface area contributed by atoms with Crippen LogP contribution in [-0.2, 0) is 17.9 Å². The van der Waals surface area contributed by atoms with Gasteiger partial charge in [0.15, 0.2) is 0 Å². The van der Waals surface area contributed by atoms with Crippen molar-refractivity contribution in [3.63, 3.8) is 0 Å². The lowest BCUT2D eigenvalue weighted by atomic mass is 9.72. The number of piperidine rings is 2. The molecule has 1 amide bonds. The van der Waals surface area contributed by atoms with Crippen LogP contribution in [0.25, 0.3) is 0 Å². The molecule has 2 aliphatic heterocycles. The molecule has 0 atom stereocenters. The van der Waals surface area contributed by atoms with E-state index in [0.29, 0.717) is 13.0 Å². The van der Waals surface area contributed by atoms with Gasteiger partial charge in [0.2, 0.25) is 5.91 Å². The van der Waals surface area contributed by atoms with Crippen LogP contribution in [0.3, 0.4) is 0 Å². The van der Waals surface area contributed by atoms with E-state index >= 15 is 0 Å². The number of aryl methyl sites for hydroxylation is 2. The molecule has 1 spiro atoms. The van der Waals surface area contributed by atoms with Crippen LogP contribution >= 0.6 is 0 Å². The van der Waals surface area contributed by atoms with Gasteiger partial charge in [-0.25, -0.2) is 4.68 Å². The molecule has 9 heteroatoms. The molecule has 4 heterocycles. The molecule has 0 bridgehead atoms. The fourth-order valence-corrected chi connectivity index (χ4v) is 4.34. The van der Waals surface area contributed by atoms with Crippen LogP contribution in [0, 0.1) is 12.3 Å². The van der Waals surface area contributed by atoms with Crippen molar-refractivity contribution in [3.05, 3.63) is 30.1 Å². The van der Waals surface area contributed by atoms with Crippen LogP contribution in [0.4, 0.5) is 0 Å². The standard InChI is InChI=1S/C19H28N8O/c1-16-11-21-17(12-20-16)13-26-14-19(4-3-18(26)28)5-9-25(10-6-19)7-2-8-27-15-22-23-24-27/h11-12,15H,2-10,13-14H2,1H3. The third-order valence-electron chi connectivity index (χ3n) is 6.11. The smallest absolute Gasteiger partial charge is 0.222 e. The molecule has 2 aromatic rings. The highest BCUT2D eigenvalue weighted by atomic mass is 16.2. The summed E-state index contributed by atoms with van der Waals surface area (Å²) in [5.41, 5.74) is 2.03. The number of hydrogen-bond acceptors (Lipinski definition) is 7. The maximum absolute atomic E-state index is 12.5. The molecular formula is C19H28N8O. The third kappa shape index (κ3) is 4.52. The Balaban J connectivity index is 1.27. The molecule has 2 saturated heterocycles. The first-order valence-corrected chi connectivity index (χ1v) is 10.1. The van der Waals surface area contributed by atoms with Crippen LogP contribution in [0.1, 0.15) is 43.5 Å². The highest BCUT2D eigenvalue weighted by Gasteiger charge is 2.40. The van der Waals surface area contributed by atoms with Gasteiger partial charge < -0.3 is 9.80 Å². The highest BCUT2D eigenvalue weighted by Crippen LogP contribution is 2.40. The van der Waals surface area contributed by atoms with E-state index in [2.05, 4.69) is 30.4 Å². The van der Waals surface area contributed by atoms with Gasteiger partial charge in [-0.05, 0) is 68.1 Å². The Morgan fingerprint density at radius 2 is 1.96 bits per heavy atom. The minimum absolute atomic E-state index is 0.247. The second kappa shape index (κ2) is 8.30. The van der Waals surface area contributed by atoms with Gasteiger partial charge in [-0.15, -0.1) is 5.10 Å². The number of amides is 1. The minimum atomic E-state index is 0.247. The lowest BCUT2D eigenvalue weighted by Crippen LogP contribution is -2.51. The highest BCUT2D eigenvalue weighted by molar-refractivity contribution is 5.77. The van der Waals surface area contributed by atoms with Crippen molar-refractivity contribution < 1.29 is 4.79 Å². The Labute approximate surface area is 165 Å². The number of aromatic nitrogens is 6. The Morgan fingerprint density at radius 1 is 1.11 bits per heavy atom. The maximum atomic E-state index is 12.5. The molecule has 2 aromatic heterocycles. The van der Waals surface area contributed by atoms with Crippen molar-refractivity contribution in [3.8, 4) is 0 Å². The first kappa shape index (κ1) is 18.9. The first-order valence-electron chi connectivity index (χ1n) is 10.1. The van der Waals surface area contributed by atoms with Gasteiger partial charge in [0, 0.05) is 25.7 Å². The van der Waals surface area contributed by atoms with E-state index < -0.39 is 0 Å². The van der Waals surface area contributed by atoms with Crippen LogP contribution in [0.5, 0.6) is 0 Å². The zero-order chi connectivity index (χ0) is 19.4. The summed E-state index contributed by atoms with van der Waals surface area (Å²) in [4.78, 5) is 25.7. The normalized spacial score (nSPS) is 20.0. The fourth-order valence-electron chi connectivity index (χ4n) is 4.34. The number of rotatable bonds is 6. The zero-order valence-corrected chi connectivity index (χ0v) is 16.5. The summed E-state index contributed by atoms with van der Waals surface area (Å²) in [6, 6.07) is 0. The molecule has 0 aliphatic carbocycles. The number of carbonyl (C=O) groups is 1. The van der Waals surface area contributed by atoms with Crippen LogP contribution in [0.2, 0.25) is 0 Å². The van der Waals surface area contributed by atoms with E-state index in [1.807, 2.05) is 11.8 Å². The average Bonchev–Trinajstić information content (AvgIpc) is 3.22. The van der Waals surface area contributed by atoms with E-state index in [-0.39, 0.29) is 11.3 Å². The van der Waals surface area contributed by atoms with E-state index in [1.165, 1.54) is 0 Å². The fraction of sp³-hybridized carbons (Fsp3) is 0.684. The van der Waals surface area contributed by atoms with Crippen molar-refractivity contribution in [1.82, 2.24) is 40.0 Å². The van der Waals surface area contributed by atoms with Crippen molar-refractivity contribution in [2.24, 2.45) is 5.41 Å². The quantitative estimate of drug-likeness (QED) is 0.735. The summed E-state index contributed by atoms with van der Waals surface area (Å²) in [5.74, 6) is 0.247. The molecule has 0 aromatic carbocycles. The second-order valence-corrected chi connectivity index (χ2v) is 8.17. The van der Waals surface area contributed by atoms with E-state index in [1.54, 1.807) is 23.4 Å². The lowest BCUT2D eigenvalue weighted by molar-refractivity contribution is -0.140. The summed E-state index contributed by atoms with van der Waals surface area (Å²) in [6.45, 7) is 7.47. The summed E-state index contributed by atoms with van der Waals surface area (Å²) in [7, 11) is 0. The van der Waals surface area contributed by atoms with Crippen molar-refractivity contribution >= 4 is 5.91 Å². The molecule has 0 N–H and O–H groups in total. The SMILES string of the molecule is Cc1cnc(CN2CC3(CCC2=O)CCN(CCCn2cnnn2)CC3)cn1. The van der Waals surface area contributed by atoms with Gasteiger partial charge in [0.1, 0.15) is 6.33 Å². The Hall–Kier alpha value is -2.42. The molecule has 2 fully saturated rings. The summed E-state index contributed by atoms with van der Waals surface area (Å²) < 4.78 is 1.78. The molecule has 4 rings (SSSR count). The van der Waals surface area contributed by atoms with Gasteiger partial charge in [0.05, 0.1) is 24.1 Å². The third-order valence-corrected chi connectivity index (χ3v) is 6.11. The average molecular weight is 384 g/mol. The predicted octanol–water partition coefficient (Wildman–Crippen LogP) is 1.07. The van der Waals surface area contributed by atoms with Crippen LogP contribution in [-0.4, -0.2) is 72.1 Å². The van der Waals surface area contributed by atoms with Gasteiger partial charge in [0.25, 0.3) is 0 Å². The van der Waals surface area contributed by atoms with Crippen molar-refractivity contribution in [1.29, 1.82) is 0 Å². The van der Waals surface area contributed by atoms with Crippen LogP contribution < -0.4 is 0 Å². The molecule has 0 radical (unpaired) electrons. The van der Waals surface area contributed by atoms with Crippen LogP contribution in [0.15, 0.2) is 18.7 Å². The topological polar surface area (TPSA) is 92.9 Å². The van der Waals surface area contributed by atoms with E-state index in [0.717, 1.165) is 69.8 Å². The predicted molar refractivity (Wildman–Crippen MR) is 102 cm³/mol. The number of tetrazole rings is 1. The molecule has 9 nitrogen and oxygen atoms in total. The number of hydrogen-bond donors (Lipinski definition) is 0. The number of likely N-dealkylation sites (tertiary alicyclic amines) is 2. The Bertz CT molecular complexity index is 768. The van der Waals surface area contributed by atoms with Gasteiger partial charge >= 0.3 is 0 Å². The molecule has 0 unspecified atom stereocenters. The molecule has 150 valence electrons. The maximum Gasteiger partial charge on any atom is 0.222 e. The monoisotopic (exact) mass is 384 g/mol. The molecular weight excluding hydrogens is 356 g/mol. The van der Waals surface area contributed by atoms with Crippen molar-refractivity contribution in [2.45, 2.75) is 52.1 Å². The van der Waals surface area contributed by atoms with Gasteiger partial charge in [-0.2, -0.15) is 0 Å². The largest absolute Gasteiger partial charge is 0.336 e. The van der Waals surface area contributed by atoms with Gasteiger partial charge in [-0.1, -0.05) is 0 Å². The zero-order valence-electron chi connectivity index (χ0n) is 16.5. The molecule has 28 heavy (non-hydrogen) atoms. The first-order chi connectivity index (χ1) is 13.6. The second-order valence-electron chi connectivity index (χ2n) is 8.17. The molecule has 0 saturated carbocycles. The Morgan fingerprint density at radius 3 is 2.68 bits per heavy atom. The lowest BCUT2D eigenvalue weighted by Gasteiger charge is -2.47.